The first-order valence-corrected chi connectivity index (χ1v) is 10.8. The molecule has 3 N–H and O–H groups in total. The Morgan fingerprint density at radius 3 is 2.86 bits per heavy atom. The maximum atomic E-state index is 12.9. The van der Waals surface area contributed by atoms with Gasteiger partial charge in [0, 0.05) is 36.3 Å². The van der Waals surface area contributed by atoms with Crippen molar-refractivity contribution in [2.24, 2.45) is 11.7 Å². The second kappa shape index (κ2) is 8.53. The third kappa shape index (κ3) is 4.15. The molecule has 0 bridgehead atoms. The molecule has 0 radical (unpaired) electrons. The largest absolute Gasteiger partial charge is 0.464 e. The van der Waals surface area contributed by atoms with Gasteiger partial charge in [-0.15, -0.1) is 0 Å². The van der Waals surface area contributed by atoms with Crippen molar-refractivity contribution in [2.75, 3.05) is 6.54 Å². The molecule has 4 rings (SSSR count). The van der Waals surface area contributed by atoms with Crippen molar-refractivity contribution in [3.8, 4) is 0 Å². The van der Waals surface area contributed by atoms with Crippen LogP contribution in [0.25, 0.3) is 11.0 Å². The minimum Gasteiger partial charge on any atom is -0.464 e. The number of amides is 2. The number of fused-ring (bicyclic) bond motifs is 1. The summed E-state index contributed by atoms with van der Waals surface area (Å²) in [5.74, 6) is 0.110. The SMILES string of the molecule is CCC1CCCN1C(=O)[C@@H](N)C1CCC(NC(=O)c2cc3occc3cn2)CC1. The van der Waals surface area contributed by atoms with Gasteiger partial charge in [-0.05, 0) is 56.9 Å². The van der Waals surface area contributed by atoms with Gasteiger partial charge in [0.25, 0.3) is 5.91 Å². The molecule has 2 fully saturated rings. The van der Waals surface area contributed by atoms with Crippen LogP contribution >= 0.6 is 0 Å². The van der Waals surface area contributed by atoms with E-state index in [0.717, 1.165) is 56.9 Å². The number of pyridine rings is 1. The number of rotatable bonds is 5. The molecule has 3 heterocycles. The topological polar surface area (TPSA) is 101 Å². The Balaban J connectivity index is 1.29. The first-order chi connectivity index (χ1) is 14.1. The first-order valence-electron chi connectivity index (χ1n) is 10.8. The van der Waals surface area contributed by atoms with Crippen molar-refractivity contribution in [2.45, 2.75) is 70.0 Å². The van der Waals surface area contributed by atoms with Crippen LogP contribution in [0, 0.1) is 5.92 Å². The number of carbonyl (C=O) groups is 2. The Kier molecular flexibility index (Phi) is 5.85. The van der Waals surface area contributed by atoms with Crippen LogP contribution in [0.3, 0.4) is 0 Å². The molecule has 156 valence electrons. The quantitative estimate of drug-likeness (QED) is 0.806. The van der Waals surface area contributed by atoms with Crippen LogP contribution in [0.5, 0.6) is 0 Å². The molecule has 2 amide bonds. The smallest absolute Gasteiger partial charge is 0.270 e. The Morgan fingerprint density at radius 2 is 2.10 bits per heavy atom. The van der Waals surface area contributed by atoms with Gasteiger partial charge in [-0.25, -0.2) is 0 Å². The van der Waals surface area contributed by atoms with Gasteiger partial charge >= 0.3 is 0 Å². The van der Waals surface area contributed by atoms with Gasteiger partial charge in [-0.2, -0.15) is 0 Å². The number of nitrogens with zero attached hydrogens (tertiary/aromatic N) is 2. The van der Waals surface area contributed by atoms with Crippen molar-refractivity contribution in [1.82, 2.24) is 15.2 Å². The highest BCUT2D eigenvalue weighted by atomic mass is 16.3. The van der Waals surface area contributed by atoms with Gasteiger partial charge in [0.05, 0.1) is 12.3 Å². The van der Waals surface area contributed by atoms with Crippen molar-refractivity contribution in [3.05, 3.63) is 30.3 Å². The van der Waals surface area contributed by atoms with Crippen LogP contribution < -0.4 is 11.1 Å². The Morgan fingerprint density at radius 1 is 1.31 bits per heavy atom. The lowest BCUT2D eigenvalue weighted by Gasteiger charge is -2.34. The van der Waals surface area contributed by atoms with Gasteiger partial charge < -0.3 is 20.4 Å². The van der Waals surface area contributed by atoms with Gasteiger partial charge in [-0.1, -0.05) is 6.92 Å². The normalized spacial score (nSPS) is 25.9. The lowest BCUT2D eigenvalue weighted by atomic mass is 9.81. The third-order valence-electron chi connectivity index (χ3n) is 6.60. The molecule has 1 aliphatic carbocycles. The summed E-state index contributed by atoms with van der Waals surface area (Å²) in [6, 6.07) is 3.50. The number of nitrogens with two attached hydrogens (primary N) is 1. The fourth-order valence-corrected chi connectivity index (χ4v) is 4.80. The molecule has 1 saturated carbocycles. The van der Waals surface area contributed by atoms with E-state index in [2.05, 4.69) is 17.2 Å². The van der Waals surface area contributed by atoms with Crippen molar-refractivity contribution < 1.29 is 14.0 Å². The average molecular weight is 399 g/mol. The highest BCUT2D eigenvalue weighted by Gasteiger charge is 2.36. The minimum absolute atomic E-state index is 0.0883. The van der Waals surface area contributed by atoms with E-state index >= 15 is 0 Å². The predicted molar refractivity (Wildman–Crippen MR) is 110 cm³/mol. The minimum atomic E-state index is -0.429. The van der Waals surface area contributed by atoms with Crippen molar-refractivity contribution in [1.29, 1.82) is 0 Å². The van der Waals surface area contributed by atoms with E-state index in [9.17, 15) is 9.59 Å². The maximum Gasteiger partial charge on any atom is 0.270 e. The first kappa shape index (κ1) is 19.9. The predicted octanol–water partition coefficient (Wildman–Crippen LogP) is 2.84. The number of aromatic nitrogens is 1. The summed E-state index contributed by atoms with van der Waals surface area (Å²) < 4.78 is 5.35. The van der Waals surface area contributed by atoms with Crippen LogP contribution in [0.15, 0.2) is 29.0 Å². The number of furan rings is 1. The van der Waals surface area contributed by atoms with Crippen molar-refractivity contribution in [3.63, 3.8) is 0 Å². The molecule has 29 heavy (non-hydrogen) atoms. The zero-order chi connectivity index (χ0) is 20.4. The van der Waals surface area contributed by atoms with E-state index in [-0.39, 0.29) is 23.8 Å². The van der Waals surface area contributed by atoms with E-state index in [1.165, 1.54) is 0 Å². The molecule has 2 aliphatic rings. The monoisotopic (exact) mass is 398 g/mol. The summed E-state index contributed by atoms with van der Waals surface area (Å²) in [5, 5.41) is 3.95. The molecule has 0 aromatic carbocycles. The molecule has 1 saturated heterocycles. The molecule has 1 aliphatic heterocycles. The van der Waals surface area contributed by atoms with Gasteiger partial charge in [0.1, 0.15) is 11.3 Å². The highest BCUT2D eigenvalue weighted by molar-refractivity contribution is 5.95. The molecule has 7 nitrogen and oxygen atoms in total. The van der Waals surface area contributed by atoms with E-state index in [1.54, 1.807) is 18.5 Å². The van der Waals surface area contributed by atoms with Gasteiger partial charge in [0.2, 0.25) is 5.91 Å². The standard InChI is InChI=1S/C22H30N4O3/c1-2-17-4-3-10-26(17)22(28)20(23)14-5-7-16(8-6-14)25-21(27)18-12-19-15(13-24-18)9-11-29-19/h9,11-14,16-17,20H,2-8,10,23H2,1H3,(H,25,27)/t14?,16?,17?,20-/m0/s1. The van der Waals surface area contributed by atoms with Crippen molar-refractivity contribution >= 4 is 22.8 Å². The fraction of sp³-hybridized carbons (Fsp3) is 0.591. The average Bonchev–Trinajstić information content (AvgIpc) is 3.41. The molecular weight excluding hydrogens is 368 g/mol. The Bertz CT molecular complexity index is 872. The van der Waals surface area contributed by atoms with E-state index < -0.39 is 6.04 Å². The summed E-state index contributed by atoms with van der Waals surface area (Å²) in [7, 11) is 0. The van der Waals surface area contributed by atoms with Crippen LogP contribution in [0.2, 0.25) is 0 Å². The summed E-state index contributed by atoms with van der Waals surface area (Å²) in [6.07, 6.45) is 9.77. The number of likely N-dealkylation sites (tertiary alicyclic amines) is 1. The summed E-state index contributed by atoms with van der Waals surface area (Å²) in [5.41, 5.74) is 7.39. The second-order valence-corrected chi connectivity index (χ2v) is 8.37. The van der Waals surface area contributed by atoms with Gasteiger partial charge in [-0.3, -0.25) is 14.6 Å². The third-order valence-corrected chi connectivity index (χ3v) is 6.60. The van der Waals surface area contributed by atoms with E-state index in [4.69, 9.17) is 10.2 Å². The summed E-state index contributed by atoms with van der Waals surface area (Å²) in [6.45, 7) is 2.97. The number of nitrogens with one attached hydrogen (secondary N) is 1. The molecular formula is C22H30N4O3. The number of hydrogen-bond donors (Lipinski definition) is 2. The van der Waals surface area contributed by atoms with Crippen LogP contribution in [-0.2, 0) is 4.79 Å². The fourth-order valence-electron chi connectivity index (χ4n) is 4.80. The molecule has 7 heteroatoms. The summed E-state index contributed by atoms with van der Waals surface area (Å²) >= 11 is 0. The maximum absolute atomic E-state index is 12.9. The zero-order valence-corrected chi connectivity index (χ0v) is 17.0. The van der Waals surface area contributed by atoms with E-state index in [0.29, 0.717) is 17.3 Å². The van der Waals surface area contributed by atoms with Crippen LogP contribution in [-0.4, -0.2) is 46.4 Å². The van der Waals surface area contributed by atoms with Gasteiger partial charge in [0.15, 0.2) is 0 Å². The Labute approximate surface area is 171 Å². The van der Waals surface area contributed by atoms with Crippen LogP contribution in [0.4, 0.5) is 0 Å². The highest BCUT2D eigenvalue weighted by Crippen LogP contribution is 2.29. The molecule has 2 aromatic rings. The Hall–Kier alpha value is -2.41. The second-order valence-electron chi connectivity index (χ2n) is 8.37. The van der Waals surface area contributed by atoms with Crippen LogP contribution in [0.1, 0.15) is 62.4 Å². The summed E-state index contributed by atoms with van der Waals surface area (Å²) in [4.78, 5) is 31.6. The molecule has 2 atom stereocenters. The lowest BCUT2D eigenvalue weighted by molar-refractivity contribution is -0.135. The number of hydrogen-bond acceptors (Lipinski definition) is 5. The number of carbonyl (C=O) groups excluding carboxylic acids is 2. The lowest BCUT2D eigenvalue weighted by Crippen LogP contribution is -2.51. The molecule has 2 aromatic heterocycles. The van der Waals surface area contributed by atoms with E-state index in [1.807, 2.05) is 11.0 Å². The molecule has 1 unspecified atom stereocenters. The zero-order valence-electron chi connectivity index (χ0n) is 17.0. The molecule has 0 spiro atoms.